The molecule has 3 rings (SSSR count). The van der Waals surface area contributed by atoms with E-state index in [0.717, 1.165) is 26.1 Å². The lowest BCUT2D eigenvalue weighted by Gasteiger charge is -2.42. The monoisotopic (exact) mass is 271 g/mol. The van der Waals surface area contributed by atoms with Crippen LogP contribution in [0.3, 0.4) is 0 Å². The van der Waals surface area contributed by atoms with Crippen LogP contribution in [0.4, 0.5) is 0 Å². The van der Waals surface area contributed by atoms with Crippen molar-refractivity contribution in [3.05, 3.63) is 30.0 Å². The number of rotatable bonds is 6. The average Bonchev–Trinajstić information content (AvgIpc) is 2.80. The first-order valence-corrected chi connectivity index (χ1v) is 7.93. The molecule has 0 saturated heterocycles. The molecule has 2 aromatic rings. The van der Waals surface area contributed by atoms with Crippen molar-refractivity contribution in [3.63, 3.8) is 0 Å². The minimum atomic E-state index is 0.450. The van der Waals surface area contributed by atoms with Crippen molar-refractivity contribution in [2.75, 3.05) is 13.1 Å². The highest BCUT2D eigenvalue weighted by Crippen LogP contribution is 2.43. The van der Waals surface area contributed by atoms with Gasteiger partial charge in [0, 0.05) is 18.5 Å². The molecule has 1 heterocycles. The highest BCUT2D eigenvalue weighted by Gasteiger charge is 2.37. The zero-order valence-corrected chi connectivity index (χ0v) is 12.7. The summed E-state index contributed by atoms with van der Waals surface area (Å²) in [5.74, 6) is 0. The molecule has 0 bridgehead atoms. The van der Waals surface area contributed by atoms with Crippen LogP contribution in [0.25, 0.3) is 10.9 Å². The molecule has 1 fully saturated rings. The summed E-state index contributed by atoms with van der Waals surface area (Å²) in [6.45, 7) is 7.50. The Hall–Kier alpha value is -1.35. The van der Waals surface area contributed by atoms with E-state index in [-0.39, 0.29) is 0 Å². The maximum Gasteiger partial charge on any atom is 0.0709 e. The van der Waals surface area contributed by atoms with Crippen LogP contribution in [0.5, 0.6) is 0 Å². The summed E-state index contributed by atoms with van der Waals surface area (Å²) in [5.41, 5.74) is 3.02. The number of aromatic nitrogens is 2. The van der Waals surface area contributed by atoms with E-state index in [2.05, 4.69) is 48.1 Å². The van der Waals surface area contributed by atoms with Crippen LogP contribution in [0.1, 0.15) is 38.8 Å². The number of benzene rings is 1. The minimum Gasteiger partial charge on any atom is -0.316 e. The van der Waals surface area contributed by atoms with Gasteiger partial charge in [-0.3, -0.25) is 4.68 Å². The number of para-hydroxylation sites is 1. The summed E-state index contributed by atoms with van der Waals surface area (Å²) in [4.78, 5) is 0. The van der Waals surface area contributed by atoms with Gasteiger partial charge in [-0.05, 0) is 44.2 Å². The topological polar surface area (TPSA) is 29.9 Å². The van der Waals surface area contributed by atoms with Crippen LogP contribution in [0.15, 0.2) is 24.3 Å². The van der Waals surface area contributed by atoms with E-state index >= 15 is 0 Å². The second kappa shape index (κ2) is 5.57. The van der Waals surface area contributed by atoms with E-state index in [1.54, 1.807) is 0 Å². The van der Waals surface area contributed by atoms with Gasteiger partial charge < -0.3 is 5.32 Å². The third-order valence-corrected chi connectivity index (χ3v) is 4.74. The lowest BCUT2D eigenvalue weighted by Crippen LogP contribution is -2.41. The molecule has 0 aliphatic heterocycles. The molecule has 0 atom stereocenters. The van der Waals surface area contributed by atoms with E-state index in [9.17, 15) is 0 Å². The molecule has 0 radical (unpaired) electrons. The minimum absolute atomic E-state index is 0.450. The Balaban J connectivity index is 1.90. The fraction of sp³-hybridized carbons (Fsp3) is 0.588. The third-order valence-electron chi connectivity index (χ3n) is 4.74. The zero-order valence-electron chi connectivity index (χ0n) is 12.7. The Morgan fingerprint density at radius 1 is 1.25 bits per heavy atom. The first-order valence-electron chi connectivity index (χ1n) is 7.93. The number of hydrogen-bond acceptors (Lipinski definition) is 2. The van der Waals surface area contributed by atoms with Gasteiger partial charge in [0.1, 0.15) is 0 Å². The number of hydrogen-bond donors (Lipinski definition) is 1. The summed E-state index contributed by atoms with van der Waals surface area (Å²) in [6.07, 6.45) is 5.17. The fourth-order valence-corrected chi connectivity index (χ4v) is 3.41. The van der Waals surface area contributed by atoms with Crippen LogP contribution in [0, 0.1) is 5.41 Å². The van der Waals surface area contributed by atoms with Gasteiger partial charge in [-0.25, -0.2) is 0 Å². The molecule has 1 aromatic carbocycles. The first kappa shape index (κ1) is 13.6. The smallest absolute Gasteiger partial charge is 0.0709 e. The molecule has 1 aliphatic rings. The van der Waals surface area contributed by atoms with Crippen LogP contribution in [-0.4, -0.2) is 22.9 Å². The predicted molar refractivity (Wildman–Crippen MR) is 83.9 cm³/mol. The van der Waals surface area contributed by atoms with Gasteiger partial charge in [0.2, 0.25) is 0 Å². The van der Waals surface area contributed by atoms with Gasteiger partial charge in [-0.15, -0.1) is 0 Å². The quantitative estimate of drug-likeness (QED) is 0.873. The molecule has 1 aromatic heterocycles. The Bertz CT molecular complexity index is 581. The maximum absolute atomic E-state index is 4.87. The Morgan fingerprint density at radius 3 is 2.70 bits per heavy atom. The largest absolute Gasteiger partial charge is 0.316 e. The van der Waals surface area contributed by atoms with Crippen molar-refractivity contribution in [1.82, 2.24) is 15.1 Å². The van der Waals surface area contributed by atoms with Gasteiger partial charge >= 0.3 is 0 Å². The molecule has 3 heteroatoms. The molecule has 1 saturated carbocycles. The standard InChI is InChI=1S/C17H25N3/c1-3-18-13-17(10-7-11-17)12-15-14-8-5-6-9-16(14)20(4-2)19-15/h5-6,8-9,18H,3-4,7,10-13H2,1-2H3. The highest BCUT2D eigenvalue weighted by atomic mass is 15.3. The summed E-state index contributed by atoms with van der Waals surface area (Å²) < 4.78 is 2.14. The second-order valence-corrected chi connectivity index (χ2v) is 6.09. The Kier molecular flexibility index (Phi) is 3.79. The summed E-state index contributed by atoms with van der Waals surface area (Å²) in [5, 5.41) is 9.76. The lowest BCUT2D eigenvalue weighted by atomic mass is 9.66. The van der Waals surface area contributed by atoms with Crippen molar-refractivity contribution < 1.29 is 0 Å². The fourth-order valence-electron chi connectivity index (χ4n) is 3.41. The van der Waals surface area contributed by atoms with Crippen molar-refractivity contribution in [2.24, 2.45) is 5.41 Å². The highest BCUT2D eigenvalue weighted by molar-refractivity contribution is 5.82. The molecule has 0 unspecified atom stereocenters. The molecule has 3 nitrogen and oxygen atoms in total. The van der Waals surface area contributed by atoms with E-state index in [1.165, 1.54) is 35.9 Å². The Labute approximate surface area is 121 Å². The molecule has 1 N–H and O–H groups in total. The lowest BCUT2D eigenvalue weighted by molar-refractivity contribution is 0.130. The van der Waals surface area contributed by atoms with E-state index in [0.29, 0.717) is 5.41 Å². The average molecular weight is 271 g/mol. The summed E-state index contributed by atoms with van der Waals surface area (Å²) >= 11 is 0. The Morgan fingerprint density at radius 2 is 2.05 bits per heavy atom. The van der Waals surface area contributed by atoms with Crippen molar-refractivity contribution >= 4 is 10.9 Å². The zero-order chi connectivity index (χ0) is 14.0. The number of fused-ring (bicyclic) bond motifs is 1. The van der Waals surface area contributed by atoms with E-state index in [4.69, 9.17) is 5.10 Å². The predicted octanol–water partition coefficient (Wildman–Crippen LogP) is 3.38. The van der Waals surface area contributed by atoms with E-state index in [1.807, 2.05) is 0 Å². The van der Waals surface area contributed by atoms with Gasteiger partial charge in [-0.1, -0.05) is 31.5 Å². The number of aryl methyl sites for hydroxylation is 1. The normalized spacial score (nSPS) is 17.3. The molecule has 0 amide bonds. The second-order valence-electron chi connectivity index (χ2n) is 6.09. The van der Waals surface area contributed by atoms with E-state index < -0.39 is 0 Å². The molecular formula is C17H25N3. The van der Waals surface area contributed by atoms with Gasteiger partial charge in [-0.2, -0.15) is 5.10 Å². The van der Waals surface area contributed by atoms with Crippen molar-refractivity contribution in [2.45, 2.75) is 46.1 Å². The molecule has 0 spiro atoms. The SMILES string of the molecule is CCNCC1(Cc2nn(CC)c3ccccc23)CCC1. The van der Waals surface area contributed by atoms with Gasteiger partial charge in [0.15, 0.2) is 0 Å². The molecule has 20 heavy (non-hydrogen) atoms. The number of nitrogens with zero attached hydrogens (tertiary/aromatic N) is 2. The van der Waals surface area contributed by atoms with Crippen LogP contribution in [-0.2, 0) is 13.0 Å². The first-order chi connectivity index (χ1) is 9.78. The number of nitrogens with one attached hydrogen (secondary N) is 1. The van der Waals surface area contributed by atoms with Crippen LogP contribution >= 0.6 is 0 Å². The third kappa shape index (κ3) is 2.35. The van der Waals surface area contributed by atoms with Crippen LogP contribution < -0.4 is 5.32 Å². The molecule has 108 valence electrons. The summed E-state index contributed by atoms with van der Waals surface area (Å²) in [7, 11) is 0. The molecule has 1 aliphatic carbocycles. The van der Waals surface area contributed by atoms with Crippen molar-refractivity contribution in [1.29, 1.82) is 0 Å². The van der Waals surface area contributed by atoms with Crippen molar-refractivity contribution in [3.8, 4) is 0 Å². The molecular weight excluding hydrogens is 246 g/mol. The van der Waals surface area contributed by atoms with Gasteiger partial charge in [0.25, 0.3) is 0 Å². The maximum atomic E-state index is 4.87. The summed E-state index contributed by atoms with van der Waals surface area (Å²) in [6, 6.07) is 8.65. The van der Waals surface area contributed by atoms with Crippen LogP contribution in [0.2, 0.25) is 0 Å². The van der Waals surface area contributed by atoms with Gasteiger partial charge in [0.05, 0.1) is 11.2 Å².